The summed E-state index contributed by atoms with van der Waals surface area (Å²) in [5, 5.41) is 5.32. The number of nitrogens with zero attached hydrogens (tertiary/aromatic N) is 4. The number of para-hydroxylation sites is 1. The zero-order valence-corrected chi connectivity index (χ0v) is 25.6. The molecule has 12 heteroatoms. The summed E-state index contributed by atoms with van der Waals surface area (Å²) in [4.78, 5) is 11.4. The lowest BCUT2D eigenvalue weighted by Crippen LogP contribution is -2.23. The van der Waals surface area contributed by atoms with Crippen molar-refractivity contribution in [3.8, 4) is 28.3 Å². The summed E-state index contributed by atoms with van der Waals surface area (Å²) in [6.07, 6.45) is 8.65. The van der Waals surface area contributed by atoms with E-state index >= 15 is 0 Å². The number of nitrogens with two attached hydrogens (primary N) is 1. The molecule has 0 fully saturated rings. The van der Waals surface area contributed by atoms with Crippen LogP contribution in [0.1, 0.15) is 11.1 Å². The van der Waals surface area contributed by atoms with Gasteiger partial charge in [0.2, 0.25) is 10.0 Å². The summed E-state index contributed by atoms with van der Waals surface area (Å²) in [6.45, 7) is 3.93. The fourth-order valence-corrected chi connectivity index (χ4v) is 6.31. The molecular formula is C32H30N6O4S2. The van der Waals surface area contributed by atoms with Crippen molar-refractivity contribution in [1.82, 2.24) is 19.2 Å². The predicted octanol–water partition coefficient (Wildman–Crippen LogP) is 5.29. The number of sulfonamides is 2. The number of benzene rings is 2. The van der Waals surface area contributed by atoms with Crippen molar-refractivity contribution < 1.29 is 16.8 Å². The van der Waals surface area contributed by atoms with E-state index < -0.39 is 20.0 Å². The Morgan fingerprint density at radius 3 is 2.16 bits per heavy atom. The van der Waals surface area contributed by atoms with Gasteiger partial charge in [-0.25, -0.2) is 18.4 Å². The summed E-state index contributed by atoms with van der Waals surface area (Å²) in [5.74, 6) is 0. The highest BCUT2D eigenvalue weighted by molar-refractivity contribution is 7.92. The number of aromatic nitrogens is 4. The van der Waals surface area contributed by atoms with E-state index in [1.54, 1.807) is 90.1 Å². The van der Waals surface area contributed by atoms with Crippen LogP contribution < -0.4 is 9.97 Å². The van der Waals surface area contributed by atoms with Crippen LogP contribution >= 0.6 is 0 Å². The minimum Gasteiger partial charge on any atom is -0.314 e. The zero-order chi connectivity index (χ0) is 31.3. The van der Waals surface area contributed by atoms with E-state index in [0.717, 1.165) is 33.8 Å². The van der Waals surface area contributed by atoms with Gasteiger partial charge in [-0.2, -0.15) is 8.42 Å². The fraction of sp³-hybridized carbons (Fsp3) is 0.0625. The summed E-state index contributed by atoms with van der Waals surface area (Å²) in [7, 11) is -7.44. The third-order valence-corrected chi connectivity index (χ3v) is 8.84. The van der Waals surface area contributed by atoms with Crippen LogP contribution in [0.3, 0.4) is 0 Å². The number of hydrogen-bond acceptors (Lipinski definition) is 6. The first-order chi connectivity index (χ1) is 21.0. The van der Waals surface area contributed by atoms with Crippen LogP contribution in [0.4, 0.5) is 0 Å². The Hall–Kier alpha value is -5.04. The number of rotatable bonds is 7. The molecule has 6 rings (SSSR count). The van der Waals surface area contributed by atoms with Gasteiger partial charge in [-0.05, 0) is 91.7 Å². The van der Waals surface area contributed by atoms with E-state index in [9.17, 15) is 16.8 Å². The van der Waals surface area contributed by atoms with Gasteiger partial charge in [0.25, 0.3) is 10.0 Å². The van der Waals surface area contributed by atoms with Gasteiger partial charge in [-0.15, -0.1) is 0 Å². The number of primary sulfonamides is 1. The number of hydrogen-bond donors (Lipinski definition) is 2. The molecule has 0 bridgehead atoms. The van der Waals surface area contributed by atoms with E-state index in [2.05, 4.69) is 14.8 Å². The maximum absolute atomic E-state index is 12.4. The summed E-state index contributed by atoms with van der Waals surface area (Å²) >= 11 is 0. The average molecular weight is 627 g/mol. The molecule has 0 saturated heterocycles. The minimum absolute atomic E-state index is 0.0834. The van der Waals surface area contributed by atoms with Gasteiger partial charge in [0.15, 0.2) is 0 Å². The first-order valence-electron chi connectivity index (χ1n) is 13.4. The van der Waals surface area contributed by atoms with Crippen molar-refractivity contribution in [2.75, 3.05) is 4.83 Å². The first-order valence-corrected chi connectivity index (χ1v) is 16.5. The molecule has 224 valence electrons. The van der Waals surface area contributed by atoms with Crippen molar-refractivity contribution in [3.63, 3.8) is 0 Å². The lowest BCUT2D eigenvalue weighted by atomic mass is 10.2. The van der Waals surface area contributed by atoms with Gasteiger partial charge in [0, 0.05) is 36.5 Å². The lowest BCUT2D eigenvalue weighted by molar-refractivity contribution is 0.594. The van der Waals surface area contributed by atoms with E-state index in [0.29, 0.717) is 5.69 Å². The smallest absolute Gasteiger partial charge is 0.275 e. The van der Waals surface area contributed by atoms with E-state index in [-0.39, 0.29) is 9.79 Å². The quantitative estimate of drug-likeness (QED) is 0.247. The largest absolute Gasteiger partial charge is 0.314 e. The van der Waals surface area contributed by atoms with Gasteiger partial charge in [-0.1, -0.05) is 30.3 Å². The average Bonchev–Trinajstić information content (AvgIpc) is 3.68. The highest BCUT2D eigenvalue weighted by Crippen LogP contribution is 2.26. The molecule has 0 atom stereocenters. The van der Waals surface area contributed by atoms with E-state index in [1.807, 2.05) is 50.2 Å². The molecule has 0 aliphatic heterocycles. The van der Waals surface area contributed by atoms with Crippen molar-refractivity contribution in [2.45, 2.75) is 23.6 Å². The predicted molar refractivity (Wildman–Crippen MR) is 170 cm³/mol. The molecule has 10 nitrogen and oxygen atoms in total. The highest BCUT2D eigenvalue weighted by atomic mass is 32.2. The van der Waals surface area contributed by atoms with E-state index in [4.69, 9.17) is 5.14 Å². The third kappa shape index (κ3) is 6.94. The van der Waals surface area contributed by atoms with Crippen LogP contribution in [-0.4, -0.2) is 36.0 Å². The number of aryl methyl sites for hydroxylation is 2. The van der Waals surface area contributed by atoms with Crippen LogP contribution in [0.5, 0.6) is 0 Å². The van der Waals surface area contributed by atoms with Crippen molar-refractivity contribution >= 4 is 20.0 Å². The Morgan fingerprint density at radius 1 is 0.727 bits per heavy atom. The fourth-order valence-electron chi connectivity index (χ4n) is 4.55. The molecule has 0 aliphatic carbocycles. The Kier molecular flexibility index (Phi) is 8.76. The van der Waals surface area contributed by atoms with Gasteiger partial charge in [0.1, 0.15) is 4.90 Å². The SMILES string of the molecule is Cc1ccnc(-c2cccn2-c2ccccc2S(N)(=O)=O)c1.Cc1cncc(-c2cccn2NS(=O)(=O)c2ccccc2)c1. The molecule has 44 heavy (non-hydrogen) atoms. The van der Waals surface area contributed by atoms with Gasteiger partial charge < -0.3 is 4.57 Å². The second kappa shape index (κ2) is 12.7. The minimum atomic E-state index is -3.81. The van der Waals surface area contributed by atoms with Crippen molar-refractivity contribution in [2.24, 2.45) is 5.14 Å². The number of nitrogens with one attached hydrogen (secondary N) is 1. The summed E-state index contributed by atoms with van der Waals surface area (Å²) < 4.78 is 51.7. The van der Waals surface area contributed by atoms with Gasteiger partial charge >= 0.3 is 0 Å². The standard InChI is InChI=1S/2C16H15N3O2S/c1-12-8-9-18-13(11-12)14-6-4-10-19(14)15-5-2-3-7-16(15)22(17,20)21;1-13-10-14(12-17-11-13)16-8-5-9-19(16)18-22(20,21)15-6-3-2-4-7-15/h2-11H,1H3,(H2,17,20,21);2-12,18H,1H3. The lowest BCUT2D eigenvalue weighted by Gasteiger charge is -2.13. The molecule has 0 amide bonds. The van der Waals surface area contributed by atoms with Crippen molar-refractivity contribution in [1.29, 1.82) is 0 Å². The van der Waals surface area contributed by atoms with Crippen LogP contribution in [0.15, 0.2) is 138 Å². The Balaban J connectivity index is 0.000000175. The first kappa shape index (κ1) is 30.4. The molecular weight excluding hydrogens is 597 g/mol. The zero-order valence-electron chi connectivity index (χ0n) is 23.9. The molecule has 4 aromatic heterocycles. The molecule has 0 saturated carbocycles. The number of pyridine rings is 2. The normalized spacial score (nSPS) is 11.4. The molecule has 0 radical (unpaired) electrons. The molecule has 4 heterocycles. The maximum atomic E-state index is 12.4. The second-order valence-corrected chi connectivity index (χ2v) is 13.1. The van der Waals surface area contributed by atoms with Gasteiger partial charge in [0.05, 0.1) is 27.7 Å². The topological polar surface area (TPSA) is 142 Å². The Morgan fingerprint density at radius 2 is 1.43 bits per heavy atom. The molecule has 6 aromatic rings. The monoisotopic (exact) mass is 626 g/mol. The molecule has 3 N–H and O–H groups in total. The summed E-state index contributed by atoms with van der Waals surface area (Å²) in [5.41, 5.74) is 5.76. The molecule has 0 spiro atoms. The van der Waals surface area contributed by atoms with Crippen LogP contribution in [0.25, 0.3) is 28.3 Å². The summed E-state index contributed by atoms with van der Waals surface area (Å²) in [6, 6.07) is 28.1. The third-order valence-electron chi connectivity index (χ3n) is 6.55. The molecule has 0 unspecified atom stereocenters. The van der Waals surface area contributed by atoms with Crippen LogP contribution in [0.2, 0.25) is 0 Å². The highest BCUT2D eigenvalue weighted by Gasteiger charge is 2.17. The second-order valence-electron chi connectivity index (χ2n) is 9.92. The van der Waals surface area contributed by atoms with Crippen molar-refractivity contribution in [3.05, 3.63) is 139 Å². The Labute approximate surface area is 256 Å². The van der Waals surface area contributed by atoms with Crippen LogP contribution in [-0.2, 0) is 20.0 Å². The van der Waals surface area contributed by atoms with Gasteiger partial charge in [-0.3, -0.25) is 14.6 Å². The Bertz CT molecular complexity index is 2120. The van der Waals surface area contributed by atoms with E-state index in [1.165, 1.54) is 10.7 Å². The molecule has 0 aliphatic rings. The van der Waals surface area contributed by atoms with Crippen LogP contribution in [0, 0.1) is 13.8 Å². The maximum Gasteiger partial charge on any atom is 0.275 e. The molecule has 2 aromatic carbocycles.